The highest BCUT2D eigenvalue weighted by molar-refractivity contribution is 7.98. The minimum atomic E-state index is -4.23. The van der Waals surface area contributed by atoms with E-state index in [0.717, 1.165) is 16.7 Å². The van der Waals surface area contributed by atoms with Crippen molar-refractivity contribution in [1.82, 2.24) is 15.0 Å². The number of nitrogens with zero attached hydrogens (tertiary/aromatic N) is 4. The van der Waals surface area contributed by atoms with Crippen LogP contribution in [0.3, 0.4) is 0 Å². The molecule has 1 saturated heterocycles. The fourth-order valence-corrected chi connectivity index (χ4v) is 4.32. The van der Waals surface area contributed by atoms with Gasteiger partial charge in [-0.3, -0.25) is 0 Å². The van der Waals surface area contributed by atoms with Gasteiger partial charge < -0.3 is 14.4 Å². The highest BCUT2D eigenvalue weighted by Gasteiger charge is 2.48. The summed E-state index contributed by atoms with van der Waals surface area (Å²) in [5.41, 5.74) is 3.68. The third kappa shape index (κ3) is 3.80. The SMILES string of the molecule is COc1cc(OC)c(C)c(-c2cc3cnc(SC)nc3c(N3CC(C(F)(F)F)C3)n2)c1C. The molecule has 1 aliphatic rings. The number of rotatable bonds is 5. The average molecular weight is 465 g/mol. The average Bonchev–Trinajstić information content (AvgIpc) is 2.71. The van der Waals surface area contributed by atoms with E-state index in [0.29, 0.717) is 39.1 Å². The fraction of sp³-hybridized carbons (Fsp3) is 0.409. The Hall–Kier alpha value is -2.75. The van der Waals surface area contributed by atoms with Crippen molar-refractivity contribution in [3.8, 4) is 22.8 Å². The molecule has 170 valence electrons. The number of hydrogen-bond donors (Lipinski definition) is 0. The molecule has 32 heavy (non-hydrogen) atoms. The Morgan fingerprint density at radius 2 is 1.66 bits per heavy atom. The molecular weight excluding hydrogens is 441 g/mol. The molecule has 4 rings (SSSR count). The first-order valence-electron chi connectivity index (χ1n) is 9.93. The van der Waals surface area contributed by atoms with Gasteiger partial charge in [0, 0.05) is 47.4 Å². The van der Waals surface area contributed by atoms with E-state index >= 15 is 0 Å². The largest absolute Gasteiger partial charge is 0.496 e. The van der Waals surface area contributed by atoms with Gasteiger partial charge in [-0.05, 0) is 26.2 Å². The Kier molecular flexibility index (Phi) is 5.83. The third-order valence-corrected chi connectivity index (χ3v) is 6.36. The monoisotopic (exact) mass is 464 g/mol. The molecule has 0 atom stereocenters. The highest BCUT2D eigenvalue weighted by Crippen LogP contribution is 2.42. The molecule has 3 aromatic rings. The van der Waals surface area contributed by atoms with Crippen LogP contribution in [0.15, 0.2) is 23.5 Å². The lowest BCUT2D eigenvalue weighted by atomic mass is 9.96. The van der Waals surface area contributed by atoms with Crippen molar-refractivity contribution in [3.63, 3.8) is 0 Å². The summed E-state index contributed by atoms with van der Waals surface area (Å²) < 4.78 is 50.4. The van der Waals surface area contributed by atoms with Crippen LogP contribution in [0, 0.1) is 19.8 Å². The van der Waals surface area contributed by atoms with Crippen molar-refractivity contribution in [2.75, 3.05) is 38.5 Å². The molecule has 3 heterocycles. The minimum Gasteiger partial charge on any atom is -0.496 e. The van der Waals surface area contributed by atoms with E-state index in [9.17, 15) is 13.2 Å². The fourth-order valence-electron chi connectivity index (χ4n) is 3.98. The van der Waals surface area contributed by atoms with Crippen LogP contribution >= 0.6 is 11.8 Å². The summed E-state index contributed by atoms with van der Waals surface area (Å²) in [5.74, 6) is 0.337. The molecule has 0 bridgehead atoms. The molecule has 0 N–H and O–H groups in total. The number of thioether (sulfide) groups is 1. The van der Waals surface area contributed by atoms with Gasteiger partial charge in [0.25, 0.3) is 0 Å². The molecule has 6 nitrogen and oxygen atoms in total. The van der Waals surface area contributed by atoms with Crippen LogP contribution in [-0.4, -0.2) is 54.7 Å². The van der Waals surface area contributed by atoms with Gasteiger partial charge in [0.05, 0.1) is 25.8 Å². The molecule has 0 aliphatic carbocycles. The third-order valence-electron chi connectivity index (χ3n) is 5.80. The van der Waals surface area contributed by atoms with Gasteiger partial charge in [-0.2, -0.15) is 13.2 Å². The van der Waals surface area contributed by atoms with Crippen molar-refractivity contribution < 1.29 is 22.6 Å². The van der Waals surface area contributed by atoms with E-state index in [1.54, 1.807) is 25.3 Å². The zero-order valence-electron chi connectivity index (χ0n) is 18.4. The van der Waals surface area contributed by atoms with Crippen molar-refractivity contribution in [1.29, 1.82) is 0 Å². The van der Waals surface area contributed by atoms with Gasteiger partial charge in [0.1, 0.15) is 17.0 Å². The van der Waals surface area contributed by atoms with Gasteiger partial charge in [-0.15, -0.1) is 0 Å². The van der Waals surface area contributed by atoms with E-state index in [4.69, 9.17) is 14.5 Å². The molecule has 0 unspecified atom stereocenters. The number of methoxy groups -OCH3 is 2. The smallest absolute Gasteiger partial charge is 0.395 e. The van der Waals surface area contributed by atoms with E-state index < -0.39 is 12.1 Å². The number of aromatic nitrogens is 3. The number of halogens is 3. The Labute approximate surface area is 188 Å². The zero-order chi connectivity index (χ0) is 23.2. The molecule has 0 spiro atoms. The van der Waals surface area contributed by atoms with Crippen LogP contribution in [0.4, 0.5) is 19.0 Å². The zero-order valence-corrected chi connectivity index (χ0v) is 19.2. The maximum Gasteiger partial charge on any atom is 0.395 e. The minimum absolute atomic E-state index is 0.146. The number of hydrogen-bond acceptors (Lipinski definition) is 7. The number of anilines is 1. The standard InChI is InChI=1S/C22H23F3N4O2S/c1-11-16(30-3)7-17(31-4)12(2)18(11)15-6-13-8-26-21(32-5)28-19(13)20(27-15)29-9-14(10-29)22(23,24)25/h6-8,14H,9-10H2,1-5H3. The molecule has 0 radical (unpaired) electrons. The first kappa shape index (κ1) is 22.4. The quantitative estimate of drug-likeness (QED) is 0.387. The summed E-state index contributed by atoms with van der Waals surface area (Å²) in [6, 6.07) is 3.67. The number of alkyl halides is 3. The van der Waals surface area contributed by atoms with Crippen molar-refractivity contribution >= 4 is 28.5 Å². The lowest BCUT2D eigenvalue weighted by molar-refractivity contribution is -0.180. The first-order chi connectivity index (χ1) is 15.2. The van der Waals surface area contributed by atoms with Crippen LogP contribution in [0.5, 0.6) is 11.5 Å². The number of benzene rings is 1. The summed E-state index contributed by atoms with van der Waals surface area (Å²) in [4.78, 5) is 15.3. The lowest BCUT2D eigenvalue weighted by Gasteiger charge is -2.41. The Morgan fingerprint density at radius 3 is 2.19 bits per heavy atom. The Balaban J connectivity index is 1.92. The number of ether oxygens (including phenoxy) is 2. The topological polar surface area (TPSA) is 60.4 Å². The molecule has 1 fully saturated rings. The summed E-state index contributed by atoms with van der Waals surface area (Å²) in [6.45, 7) is 3.55. The van der Waals surface area contributed by atoms with E-state index in [-0.39, 0.29) is 13.1 Å². The summed E-state index contributed by atoms with van der Waals surface area (Å²) in [6.07, 6.45) is -0.691. The molecule has 1 aliphatic heterocycles. The molecular formula is C22H23F3N4O2S. The molecule has 2 aromatic heterocycles. The number of pyridine rings is 1. The predicted molar refractivity (Wildman–Crippen MR) is 119 cm³/mol. The van der Waals surface area contributed by atoms with E-state index in [1.165, 1.54) is 11.8 Å². The molecule has 0 saturated carbocycles. The summed E-state index contributed by atoms with van der Waals surface area (Å²) in [7, 11) is 3.16. The van der Waals surface area contributed by atoms with Crippen LogP contribution < -0.4 is 14.4 Å². The second-order valence-electron chi connectivity index (χ2n) is 7.68. The van der Waals surface area contributed by atoms with Gasteiger partial charge in [-0.25, -0.2) is 15.0 Å². The molecule has 1 aromatic carbocycles. The van der Waals surface area contributed by atoms with Crippen LogP contribution in [0.25, 0.3) is 22.2 Å². The van der Waals surface area contributed by atoms with Crippen molar-refractivity contribution in [3.05, 3.63) is 29.5 Å². The second kappa shape index (κ2) is 8.31. The second-order valence-corrected chi connectivity index (χ2v) is 8.45. The first-order valence-corrected chi connectivity index (χ1v) is 11.2. The highest BCUT2D eigenvalue weighted by atomic mass is 32.2. The van der Waals surface area contributed by atoms with Crippen molar-refractivity contribution in [2.24, 2.45) is 5.92 Å². The van der Waals surface area contributed by atoms with Gasteiger partial charge in [0.2, 0.25) is 0 Å². The van der Waals surface area contributed by atoms with Gasteiger partial charge >= 0.3 is 6.18 Å². The van der Waals surface area contributed by atoms with Crippen molar-refractivity contribution in [2.45, 2.75) is 25.2 Å². The van der Waals surface area contributed by atoms with E-state index in [1.807, 2.05) is 32.2 Å². The van der Waals surface area contributed by atoms with Crippen LogP contribution in [0.1, 0.15) is 11.1 Å². The maximum absolute atomic E-state index is 13.1. The Bertz CT molecular complexity index is 1150. The lowest BCUT2D eigenvalue weighted by Crippen LogP contribution is -2.53. The Morgan fingerprint density at radius 1 is 1.03 bits per heavy atom. The summed E-state index contributed by atoms with van der Waals surface area (Å²) in [5, 5.41) is 1.25. The van der Waals surface area contributed by atoms with Gasteiger partial charge in [-0.1, -0.05) is 11.8 Å². The molecule has 10 heteroatoms. The predicted octanol–water partition coefficient (Wildman–Crippen LogP) is 5.05. The molecule has 0 amide bonds. The van der Waals surface area contributed by atoms with E-state index in [2.05, 4.69) is 9.97 Å². The van der Waals surface area contributed by atoms with Crippen LogP contribution in [0.2, 0.25) is 0 Å². The maximum atomic E-state index is 13.1. The van der Waals surface area contributed by atoms with Gasteiger partial charge in [0.15, 0.2) is 11.0 Å². The van der Waals surface area contributed by atoms with Crippen LogP contribution in [-0.2, 0) is 0 Å². The normalized spacial score (nSPS) is 14.6. The summed E-state index contributed by atoms with van der Waals surface area (Å²) >= 11 is 1.37. The number of fused-ring (bicyclic) bond motifs is 1.